The summed E-state index contributed by atoms with van der Waals surface area (Å²) in [6.45, 7) is 4.20. The number of benzene rings is 1. The van der Waals surface area contributed by atoms with Crippen LogP contribution in [0.2, 0.25) is 0 Å². The number of hydrogen-bond acceptors (Lipinski definition) is 4. The lowest BCUT2D eigenvalue weighted by molar-refractivity contribution is -0.121. The zero-order chi connectivity index (χ0) is 13.7. The van der Waals surface area contributed by atoms with Crippen LogP contribution in [0.4, 0.5) is 5.69 Å². The Labute approximate surface area is 113 Å². The fourth-order valence-electron chi connectivity index (χ4n) is 2.05. The summed E-state index contributed by atoms with van der Waals surface area (Å²) in [4.78, 5) is 13.7. The van der Waals surface area contributed by atoms with Crippen molar-refractivity contribution in [2.24, 2.45) is 5.73 Å². The number of nitrogens with zero attached hydrogens (tertiary/aromatic N) is 1. The van der Waals surface area contributed by atoms with Gasteiger partial charge in [0.15, 0.2) is 6.61 Å². The highest BCUT2D eigenvalue weighted by Gasteiger charge is 2.25. The molecule has 0 spiro atoms. The number of aryl methyl sites for hydroxylation is 1. The molecular weight excluding hydrogens is 244 g/mol. The highest BCUT2D eigenvalue weighted by atomic mass is 16.5. The normalized spacial score (nSPS) is 14.2. The van der Waals surface area contributed by atoms with Crippen LogP contribution in [0.1, 0.15) is 12.5 Å². The largest absolute Gasteiger partial charge is 0.482 e. The monoisotopic (exact) mass is 264 g/mol. The molecule has 0 radical (unpaired) electrons. The van der Waals surface area contributed by atoms with Gasteiger partial charge in [-0.2, -0.15) is 0 Å². The second kappa shape index (κ2) is 6.54. The average Bonchev–Trinajstić information content (AvgIpc) is 2.44. The molecule has 19 heavy (non-hydrogen) atoms. The maximum Gasteiger partial charge on any atom is 0.265 e. The molecule has 0 aliphatic carbocycles. The summed E-state index contributed by atoms with van der Waals surface area (Å²) in [7, 11) is 0. The van der Waals surface area contributed by atoms with Gasteiger partial charge in [-0.25, -0.2) is 0 Å². The Kier molecular flexibility index (Phi) is 4.76. The van der Waals surface area contributed by atoms with Crippen LogP contribution < -0.4 is 15.4 Å². The molecule has 1 aliphatic rings. The summed E-state index contributed by atoms with van der Waals surface area (Å²) in [6.07, 6.45) is 0.930. The Hall–Kier alpha value is -1.59. The first-order valence-corrected chi connectivity index (χ1v) is 6.60. The van der Waals surface area contributed by atoms with E-state index in [0.29, 0.717) is 26.3 Å². The Bertz CT molecular complexity index is 448. The van der Waals surface area contributed by atoms with Gasteiger partial charge in [-0.15, -0.1) is 0 Å². The Morgan fingerprint density at radius 3 is 3.00 bits per heavy atom. The van der Waals surface area contributed by atoms with Crippen LogP contribution in [-0.2, 0) is 16.0 Å². The number of hydrogen-bond donors (Lipinski definition) is 1. The maximum absolute atomic E-state index is 11.9. The van der Waals surface area contributed by atoms with Gasteiger partial charge in [0.05, 0.1) is 18.9 Å². The first-order valence-electron chi connectivity index (χ1n) is 6.60. The van der Waals surface area contributed by atoms with Crippen molar-refractivity contribution in [3.63, 3.8) is 0 Å². The molecule has 104 valence electrons. The molecule has 1 amide bonds. The molecule has 0 saturated carbocycles. The summed E-state index contributed by atoms with van der Waals surface area (Å²) in [5.74, 6) is 0.729. The standard InChI is InChI=1S/C14H20N2O3/c1-2-11-3-4-13-12(9-11)16(14(17)10-19-13)6-8-18-7-5-15/h3-4,9H,2,5-8,10,15H2,1H3. The lowest BCUT2D eigenvalue weighted by Crippen LogP contribution is -2.41. The number of nitrogens with two attached hydrogens (primary N) is 1. The van der Waals surface area contributed by atoms with Crippen LogP contribution in [0.25, 0.3) is 0 Å². The van der Waals surface area contributed by atoms with Crippen LogP contribution in [0.15, 0.2) is 18.2 Å². The minimum atomic E-state index is -0.0305. The maximum atomic E-state index is 11.9. The van der Waals surface area contributed by atoms with Gasteiger partial charge in [0, 0.05) is 13.1 Å². The topological polar surface area (TPSA) is 64.8 Å². The molecule has 0 atom stereocenters. The third-order valence-corrected chi connectivity index (χ3v) is 3.10. The second-order valence-electron chi connectivity index (χ2n) is 4.39. The van der Waals surface area contributed by atoms with Gasteiger partial charge in [-0.1, -0.05) is 13.0 Å². The van der Waals surface area contributed by atoms with E-state index < -0.39 is 0 Å². The molecule has 5 heteroatoms. The van der Waals surface area contributed by atoms with Crippen LogP contribution >= 0.6 is 0 Å². The van der Waals surface area contributed by atoms with Crippen LogP contribution in [-0.4, -0.2) is 38.8 Å². The lowest BCUT2D eigenvalue weighted by Gasteiger charge is -2.29. The van der Waals surface area contributed by atoms with Gasteiger partial charge >= 0.3 is 0 Å². The van der Waals surface area contributed by atoms with Gasteiger partial charge < -0.3 is 20.1 Å². The Morgan fingerprint density at radius 2 is 2.26 bits per heavy atom. The highest BCUT2D eigenvalue weighted by Crippen LogP contribution is 2.32. The average molecular weight is 264 g/mol. The minimum absolute atomic E-state index is 0.0305. The number of fused-ring (bicyclic) bond motifs is 1. The van der Waals surface area contributed by atoms with Crippen molar-refractivity contribution >= 4 is 11.6 Å². The third-order valence-electron chi connectivity index (χ3n) is 3.10. The van der Waals surface area contributed by atoms with Crippen molar-refractivity contribution in [2.75, 3.05) is 37.8 Å². The van der Waals surface area contributed by atoms with Gasteiger partial charge in [-0.3, -0.25) is 4.79 Å². The molecule has 0 aromatic heterocycles. The Morgan fingerprint density at radius 1 is 1.42 bits per heavy atom. The molecular formula is C14H20N2O3. The smallest absolute Gasteiger partial charge is 0.265 e. The minimum Gasteiger partial charge on any atom is -0.482 e. The highest BCUT2D eigenvalue weighted by molar-refractivity contribution is 5.97. The van der Waals surface area contributed by atoms with Crippen molar-refractivity contribution in [1.82, 2.24) is 0 Å². The third kappa shape index (κ3) is 3.24. The SMILES string of the molecule is CCc1ccc2c(c1)N(CCOCCN)C(=O)CO2. The number of ether oxygens (including phenoxy) is 2. The van der Waals surface area contributed by atoms with Crippen molar-refractivity contribution in [1.29, 1.82) is 0 Å². The second-order valence-corrected chi connectivity index (χ2v) is 4.39. The van der Waals surface area contributed by atoms with E-state index >= 15 is 0 Å². The van der Waals surface area contributed by atoms with Gasteiger partial charge in [-0.05, 0) is 24.1 Å². The van der Waals surface area contributed by atoms with E-state index in [2.05, 4.69) is 6.92 Å². The Balaban J connectivity index is 2.12. The van der Waals surface area contributed by atoms with E-state index in [-0.39, 0.29) is 12.5 Å². The number of amides is 1. The van der Waals surface area contributed by atoms with E-state index in [9.17, 15) is 4.79 Å². The molecule has 1 heterocycles. The summed E-state index contributed by atoms with van der Waals surface area (Å²) < 4.78 is 10.8. The van der Waals surface area contributed by atoms with E-state index in [4.69, 9.17) is 15.2 Å². The van der Waals surface area contributed by atoms with Crippen molar-refractivity contribution in [2.45, 2.75) is 13.3 Å². The molecule has 5 nitrogen and oxygen atoms in total. The fourth-order valence-corrected chi connectivity index (χ4v) is 2.05. The molecule has 1 aromatic carbocycles. The first-order chi connectivity index (χ1) is 9.26. The zero-order valence-electron chi connectivity index (χ0n) is 11.2. The van der Waals surface area contributed by atoms with E-state index in [1.807, 2.05) is 18.2 Å². The van der Waals surface area contributed by atoms with Crippen molar-refractivity contribution < 1.29 is 14.3 Å². The molecule has 2 N–H and O–H groups in total. The molecule has 0 fully saturated rings. The van der Waals surface area contributed by atoms with Crippen LogP contribution in [0, 0.1) is 0 Å². The lowest BCUT2D eigenvalue weighted by atomic mass is 10.1. The fraction of sp³-hybridized carbons (Fsp3) is 0.500. The zero-order valence-corrected chi connectivity index (χ0v) is 11.2. The predicted octanol–water partition coefficient (Wildman–Crippen LogP) is 0.950. The first kappa shape index (κ1) is 13.8. The van der Waals surface area contributed by atoms with E-state index in [0.717, 1.165) is 17.9 Å². The van der Waals surface area contributed by atoms with E-state index in [1.165, 1.54) is 5.56 Å². The summed E-state index contributed by atoms with van der Waals surface area (Å²) >= 11 is 0. The number of rotatable bonds is 6. The van der Waals surface area contributed by atoms with Gasteiger partial charge in [0.25, 0.3) is 5.91 Å². The van der Waals surface area contributed by atoms with Crippen LogP contribution in [0.3, 0.4) is 0 Å². The molecule has 2 rings (SSSR count). The molecule has 0 bridgehead atoms. The van der Waals surface area contributed by atoms with Crippen LogP contribution in [0.5, 0.6) is 5.75 Å². The summed E-state index contributed by atoms with van der Waals surface area (Å²) in [6, 6.07) is 5.96. The molecule has 1 aliphatic heterocycles. The molecule has 1 aromatic rings. The van der Waals surface area contributed by atoms with Crippen molar-refractivity contribution in [3.8, 4) is 5.75 Å². The summed E-state index contributed by atoms with van der Waals surface area (Å²) in [5.41, 5.74) is 7.39. The van der Waals surface area contributed by atoms with Gasteiger partial charge in [0.2, 0.25) is 0 Å². The quantitative estimate of drug-likeness (QED) is 0.777. The summed E-state index contributed by atoms with van der Waals surface area (Å²) in [5, 5.41) is 0. The predicted molar refractivity (Wildman–Crippen MR) is 73.5 cm³/mol. The van der Waals surface area contributed by atoms with Crippen molar-refractivity contribution in [3.05, 3.63) is 23.8 Å². The number of carbonyl (C=O) groups excluding carboxylic acids is 1. The number of anilines is 1. The molecule has 0 saturated heterocycles. The number of carbonyl (C=O) groups is 1. The molecule has 0 unspecified atom stereocenters. The van der Waals surface area contributed by atoms with E-state index in [1.54, 1.807) is 4.90 Å². The van der Waals surface area contributed by atoms with Gasteiger partial charge in [0.1, 0.15) is 5.75 Å².